The first kappa shape index (κ1) is 9.89. The molecule has 1 aromatic carbocycles. The number of nitrogens with zero attached hydrogens (tertiary/aromatic N) is 3. The van der Waals surface area contributed by atoms with E-state index in [0.29, 0.717) is 5.56 Å². The van der Waals surface area contributed by atoms with Crippen LogP contribution in [0.2, 0.25) is 0 Å². The minimum Gasteiger partial charge on any atom is -0.207 e. The molecule has 0 heterocycles. The van der Waals surface area contributed by atoms with Gasteiger partial charge < -0.3 is 0 Å². The summed E-state index contributed by atoms with van der Waals surface area (Å²) in [5.74, 6) is -0.329. The summed E-state index contributed by atoms with van der Waals surface area (Å²) in [7, 11) is 0. The molecule has 1 rings (SSSR count). The van der Waals surface area contributed by atoms with Crippen LogP contribution in [-0.4, -0.2) is 6.26 Å². The highest BCUT2D eigenvalue weighted by atomic mass is 32.2. The molecule has 0 amide bonds. The fourth-order valence-corrected chi connectivity index (χ4v) is 1.37. The Morgan fingerprint density at radius 3 is 3.00 bits per heavy atom. The lowest BCUT2D eigenvalue weighted by Gasteiger charge is -2.01. The normalized spacial score (nSPS) is 9.38. The van der Waals surface area contributed by atoms with E-state index in [-0.39, 0.29) is 12.4 Å². The first-order valence-corrected chi connectivity index (χ1v) is 4.83. The molecule has 3 nitrogen and oxygen atoms in total. The molecule has 0 aliphatic rings. The van der Waals surface area contributed by atoms with E-state index in [2.05, 4.69) is 10.0 Å². The molecule has 0 spiro atoms. The fourth-order valence-electron chi connectivity index (χ4n) is 0.907. The maximum atomic E-state index is 13.0. The van der Waals surface area contributed by atoms with Gasteiger partial charge in [-0.2, -0.15) is 0 Å². The van der Waals surface area contributed by atoms with E-state index in [4.69, 9.17) is 5.53 Å². The predicted molar refractivity (Wildman–Crippen MR) is 51.0 cm³/mol. The maximum absolute atomic E-state index is 13.0. The minimum atomic E-state index is -0.329. The van der Waals surface area contributed by atoms with E-state index < -0.39 is 0 Å². The van der Waals surface area contributed by atoms with Crippen LogP contribution in [0.1, 0.15) is 5.56 Å². The SMILES string of the molecule is CSc1ccc(F)c(CN=[N+]=[N-])c1. The molecule has 0 aromatic heterocycles. The molecule has 1 aromatic rings. The second-order valence-electron chi connectivity index (χ2n) is 2.35. The zero-order valence-corrected chi connectivity index (χ0v) is 7.88. The van der Waals surface area contributed by atoms with E-state index in [1.807, 2.05) is 6.26 Å². The summed E-state index contributed by atoms with van der Waals surface area (Å²) >= 11 is 1.52. The summed E-state index contributed by atoms with van der Waals surface area (Å²) in [5.41, 5.74) is 8.51. The van der Waals surface area contributed by atoms with E-state index in [1.54, 1.807) is 12.1 Å². The van der Waals surface area contributed by atoms with Crippen molar-refractivity contribution in [2.24, 2.45) is 5.11 Å². The van der Waals surface area contributed by atoms with E-state index in [1.165, 1.54) is 17.8 Å². The number of hydrogen-bond donors (Lipinski definition) is 0. The van der Waals surface area contributed by atoms with Gasteiger partial charge in [-0.25, -0.2) is 4.39 Å². The summed E-state index contributed by atoms with van der Waals surface area (Å²) in [6.07, 6.45) is 1.91. The number of halogens is 1. The first-order valence-electron chi connectivity index (χ1n) is 3.61. The van der Waals surface area contributed by atoms with Gasteiger partial charge in [0.25, 0.3) is 0 Å². The topological polar surface area (TPSA) is 48.8 Å². The van der Waals surface area contributed by atoms with Crippen LogP contribution in [0.25, 0.3) is 10.4 Å². The lowest BCUT2D eigenvalue weighted by atomic mass is 10.2. The molecule has 0 radical (unpaired) electrons. The van der Waals surface area contributed by atoms with Crippen LogP contribution in [0.3, 0.4) is 0 Å². The molecule has 0 unspecified atom stereocenters. The highest BCUT2D eigenvalue weighted by Gasteiger charge is 2.01. The van der Waals surface area contributed by atoms with Gasteiger partial charge in [-0.3, -0.25) is 0 Å². The molecule has 0 bridgehead atoms. The van der Waals surface area contributed by atoms with Gasteiger partial charge in [0.05, 0.1) is 6.54 Å². The standard InChI is InChI=1S/C8H8FN3S/c1-13-7-2-3-8(9)6(4-7)5-11-12-10/h2-4H,5H2,1H3. The lowest BCUT2D eigenvalue weighted by molar-refractivity contribution is 0.609. The van der Waals surface area contributed by atoms with Crippen LogP contribution < -0.4 is 0 Å². The summed E-state index contributed by atoms with van der Waals surface area (Å²) in [4.78, 5) is 3.54. The van der Waals surface area contributed by atoms with Gasteiger partial charge in [-0.1, -0.05) is 5.11 Å². The fraction of sp³-hybridized carbons (Fsp3) is 0.250. The number of hydrogen-bond acceptors (Lipinski definition) is 2. The minimum absolute atomic E-state index is 0.0662. The quantitative estimate of drug-likeness (QED) is 0.317. The molecule has 0 N–H and O–H groups in total. The summed E-state index contributed by atoms with van der Waals surface area (Å²) in [5, 5.41) is 3.31. The van der Waals surface area contributed by atoms with Crippen molar-refractivity contribution < 1.29 is 4.39 Å². The van der Waals surface area contributed by atoms with Crippen LogP contribution in [0, 0.1) is 5.82 Å². The van der Waals surface area contributed by atoms with Crippen LogP contribution in [0.5, 0.6) is 0 Å². The Bertz CT molecular complexity index is 347. The van der Waals surface area contributed by atoms with Gasteiger partial charge in [-0.15, -0.1) is 11.8 Å². The zero-order chi connectivity index (χ0) is 9.68. The average Bonchev–Trinajstić information content (AvgIpc) is 2.17. The summed E-state index contributed by atoms with van der Waals surface area (Å²) in [6.45, 7) is 0.0662. The zero-order valence-electron chi connectivity index (χ0n) is 7.07. The second kappa shape index (κ2) is 4.74. The molecule has 13 heavy (non-hydrogen) atoms. The van der Waals surface area contributed by atoms with Crippen molar-refractivity contribution in [2.45, 2.75) is 11.4 Å². The first-order chi connectivity index (χ1) is 6.27. The molecule has 0 aliphatic heterocycles. The molecule has 68 valence electrons. The summed E-state index contributed by atoms with van der Waals surface area (Å²) < 4.78 is 13.0. The molecule has 0 saturated carbocycles. The highest BCUT2D eigenvalue weighted by Crippen LogP contribution is 2.19. The van der Waals surface area contributed by atoms with Crippen molar-refractivity contribution in [1.82, 2.24) is 0 Å². The van der Waals surface area contributed by atoms with E-state index >= 15 is 0 Å². The number of rotatable bonds is 3. The Labute approximate surface area is 79.6 Å². The van der Waals surface area contributed by atoms with Crippen molar-refractivity contribution in [3.05, 3.63) is 40.0 Å². The van der Waals surface area contributed by atoms with Gasteiger partial charge in [0.2, 0.25) is 0 Å². The molecule has 0 atom stereocenters. The Kier molecular flexibility index (Phi) is 3.61. The molecular weight excluding hydrogens is 189 g/mol. The van der Waals surface area contributed by atoms with Gasteiger partial charge in [0.1, 0.15) is 5.82 Å². The van der Waals surface area contributed by atoms with E-state index in [9.17, 15) is 4.39 Å². The van der Waals surface area contributed by atoms with Crippen molar-refractivity contribution in [3.8, 4) is 0 Å². The average molecular weight is 197 g/mol. The number of benzene rings is 1. The molecule has 5 heteroatoms. The van der Waals surface area contributed by atoms with Crippen molar-refractivity contribution in [3.63, 3.8) is 0 Å². The van der Waals surface area contributed by atoms with Crippen LogP contribution in [0.15, 0.2) is 28.2 Å². The molecular formula is C8H8FN3S. The van der Waals surface area contributed by atoms with Gasteiger partial charge in [0.15, 0.2) is 0 Å². The van der Waals surface area contributed by atoms with Crippen LogP contribution in [-0.2, 0) is 6.54 Å². The third-order valence-corrected chi connectivity index (χ3v) is 2.28. The lowest BCUT2D eigenvalue weighted by Crippen LogP contribution is -1.87. The Morgan fingerprint density at radius 2 is 2.38 bits per heavy atom. The Balaban J connectivity index is 2.96. The van der Waals surface area contributed by atoms with Gasteiger partial charge >= 0.3 is 0 Å². The third kappa shape index (κ3) is 2.65. The van der Waals surface area contributed by atoms with Gasteiger partial charge in [-0.05, 0) is 35.5 Å². The van der Waals surface area contributed by atoms with Gasteiger partial charge in [0, 0.05) is 9.81 Å². The van der Waals surface area contributed by atoms with Crippen LogP contribution >= 0.6 is 11.8 Å². The third-order valence-electron chi connectivity index (χ3n) is 1.56. The number of azide groups is 1. The Morgan fingerprint density at radius 1 is 1.62 bits per heavy atom. The van der Waals surface area contributed by atoms with Crippen molar-refractivity contribution in [1.29, 1.82) is 0 Å². The summed E-state index contributed by atoms with van der Waals surface area (Å²) in [6, 6.07) is 4.77. The second-order valence-corrected chi connectivity index (χ2v) is 3.23. The molecule has 0 aliphatic carbocycles. The Hall–Kier alpha value is -1.19. The molecule has 0 fully saturated rings. The van der Waals surface area contributed by atoms with E-state index in [0.717, 1.165) is 4.90 Å². The smallest absolute Gasteiger partial charge is 0.126 e. The van der Waals surface area contributed by atoms with Crippen LogP contribution in [0.4, 0.5) is 4.39 Å². The largest absolute Gasteiger partial charge is 0.207 e. The predicted octanol–water partition coefficient (Wildman–Crippen LogP) is 3.36. The molecule has 0 saturated heterocycles. The monoisotopic (exact) mass is 197 g/mol. The van der Waals surface area contributed by atoms with Crippen molar-refractivity contribution in [2.75, 3.05) is 6.26 Å². The number of thioether (sulfide) groups is 1. The highest BCUT2D eigenvalue weighted by molar-refractivity contribution is 7.98. The maximum Gasteiger partial charge on any atom is 0.126 e. The van der Waals surface area contributed by atoms with Crippen molar-refractivity contribution >= 4 is 11.8 Å².